The van der Waals surface area contributed by atoms with Gasteiger partial charge < -0.3 is 45.2 Å². The molecule has 0 aliphatic carbocycles. The Morgan fingerprint density at radius 3 is 1.93 bits per heavy atom. The van der Waals surface area contributed by atoms with Crippen molar-refractivity contribution in [2.45, 2.75) is 56.2 Å². The van der Waals surface area contributed by atoms with Crippen LogP contribution in [0.15, 0.2) is 42.5 Å². The minimum absolute atomic E-state index is 0.116. The van der Waals surface area contributed by atoms with Crippen molar-refractivity contribution >= 4 is 23.6 Å². The summed E-state index contributed by atoms with van der Waals surface area (Å²) in [7, 11) is 0. The summed E-state index contributed by atoms with van der Waals surface area (Å²) in [5, 5.41) is 46.6. The molecule has 7 N–H and O–H groups in total. The number of carboxylic acids is 2. The molecule has 16 heteroatoms. The SMILES string of the molecule is O=C(CCC(=O)c1ccc(C(F)(F)F)cc1)N[C@H](C[NH+]1CCCC1)[C@@H](O)c1ccc2c(c1)OCCO2.O=C(O)[C@@H](O)[C@H](O)C(=O)O. The second-order valence-corrected chi connectivity index (χ2v) is 10.7. The van der Waals surface area contributed by atoms with Crippen LogP contribution in [0.4, 0.5) is 13.2 Å². The molecule has 0 bridgehead atoms. The zero-order valence-corrected chi connectivity index (χ0v) is 24.5. The van der Waals surface area contributed by atoms with E-state index < -0.39 is 59.7 Å². The first-order valence-corrected chi connectivity index (χ1v) is 14.4. The van der Waals surface area contributed by atoms with E-state index in [9.17, 15) is 37.5 Å². The summed E-state index contributed by atoms with van der Waals surface area (Å²) in [4.78, 5) is 46.0. The number of fused-ring (bicyclic) bond motifs is 1. The van der Waals surface area contributed by atoms with Crippen LogP contribution in [-0.4, -0.2) is 100 Å². The molecule has 1 saturated heterocycles. The standard InChI is InChI=1S/C26H29F3N2O5.C4H6O6/c27-26(28,29)19-6-3-17(4-7-19)21(32)8-10-24(33)30-20(16-31-11-1-2-12-31)25(34)18-5-9-22-23(15-18)36-14-13-35-22;5-1(3(7)8)2(6)4(9)10/h3-7,9,15,20,25,34H,1-2,8,10-14,16H2,(H,30,33);1-2,5-6H,(H,7,8)(H,9,10)/p+1/t20-,25+;1-,2-/m10/s1. The van der Waals surface area contributed by atoms with Crippen molar-refractivity contribution in [1.82, 2.24) is 5.32 Å². The van der Waals surface area contributed by atoms with Crippen molar-refractivity contribution in [1.29, 1.82) is 0 Å². The van der Waals surface area contributed by atoms with Gasteiger partial charge in [-0.1, -0.05) is 18.2 Å². The van der Waals surface area contributed by atoms with Gasteiger partial charge in [0.15, 0.2) is 29.5 Å². The highest BCUT2D eigenvalue weighted by Crippen LogP contribution is 2.33. The van der Waals surface area contributed by atoms with Crippen LogP contribution in [0.3, 0.4) is 0 Å². The van der Waals surface area contributed by atoms with Crippen LogP contribution in [0.2, 0.25) is 0 Å². The third kappa shape index (κ3) is 10.4. The molecule has 4 atom stereocenters. The third-order valence-electron chi connectivity index (χ3n) is 7.37. The van der Waals surface area contributed by atoms with Crippen molar-refractivity contribution in [3.63, 3.8) is 0 Å². The van der Waals surface area contributed by atoms with E-state index in [4.69, 9.17) is 29.9 Å². The van der Waals surface area contributed by atoms with Crippen molar-refractivity contribution in [2.75, 3.05) is 32.8 Å². The summed E-state index contributed by atoms with van der Waals surface area (Å²) in [5.41, 5.74) is -0.133. The number of benzene rings is 2. The zero-order valence-electron chi connectivity index (χ0n) is 24.5. The number of likely N-dealkylation sites (tertiary alicyclic amines) is 1. The van der Waals surface area contributed by atoms with E-state index in [1.165, 1.54) is 4.90 Å². The second kappa shape index (κ2) is 16.4. The minimum Gasteiger partial charge on any atom is -0.486 e. The predicted octanol–water partition coefficient (Wildman–Crippen LogP) is 0.214. The molecule has 0 spiro atoms. The Morgan fingerprint density at radius 2 is 1.39 bits per heavy atom. The van der Waals surface area contributed by atoms with Gasteiger partial charge in [0, 0.05) is 31.2 Å². The number of aliphatic hydroxyl groups excluding tert-OH is 3. The van der Waals surface area contributed by atoms with Gasteiger partial charge in [0.05, 0.1) is 18.7 Å². The number of carboxylic acid groups (broad SMARTS) is 2. The van der Waals surface area contributed by atoms with Crippen molar-refractivity contribution < 1.29 is 72.3 Å². The lowest BCUT2D eigenvalue weighted by atomic mass is 10.00. The van der Waals surface area contributed by atoms with Gasteiger partial charge in [0.25, 0.3) is 0 Å². The number of hydrogen-bond acceptors (Lipinski definition) is 9. The van der Waals surface area contributed by atoms with Crippen molar-refractivity contribution in [2.24, 2.45) is 0 Å². The Morgan fingerprint density at radius 1 is 0.826 bits per heavy atom. The molecule has 13 nitrogen and oxygen atoms in total. The number of alkyl halides is 3. The van der Waals surface area contributed by atoms with E-state index in [-0.39, 0.29) is 18.4 Å². The average molecular weight is 658 g/mol. The molecular weight excluding hydrogens is 621 g/mol. The molecule has 2 aliphatic rings. The number of ether oxygens (including phenoxy) is 2. The number of halogens is 3. The summed E-state index contributed by atoms with van der Waals surface area (Å²) in [6.45, 7) is 3.29. The highest BCUT2D eigenvalue weighted by Gasteiger charge is 2.32. The van der Waals surface area contributed by atoms with Crippen LogP contribution in [0, 0.1) is 0 Å². The van der Waals surface area contributed by atoms with Crippen LogP contribution in [0.5, 0.6) is 11.5 Å². The monoisotopic (exact) mass is 657 g/mol. The average Bonchev–Trinajstić information content (AvgIpc) is 3.55. The summed E-state index contributed by atoms with van der Waals surface area (Å²) in [5.74, 6) is -3.23. The number of Topliss-reactive ketones (excluding diaryl/α,β-unsaturated/α-hetero) is 1. The molecule has 46 heavy (non-hydrogen) atoms. The normalized spacial score (nSPS) is 17.1. The summed E-state index contributed by atoms with van der Waals surface area (Å²) >= 11 is 0. The van der Waals surface area contributed by atoms with Crippen molar-refractivity contribution in [3.8, 4) is 11.5 Å². The molecule has 0 aromatic heterocycles. The third-order valence-corrected chi connectivity index (χ3v) is 7.37. The van der Waals surface area contributed by atoms with Crippen LogP contribution in [0.1, 0.15) is 53.3 Å². The molecular formula is C30H36F3N2O11+. The number of aliphatic carboxylic acids is 2. The fourth-order valence-corrected chi connectivity index (χ4v) is 4.87. The first kappa shape index (κ1) is 36.2. The fourth-order valence-electron chi connectivity index (χ4n) is 4.87. The number of ketones is 1. The summed E-state index contributed by atoms with van der Waals surface area (Å²) in [6.07, 6.45) is -8.14. The van der Waals surface area contributed by atoms with E-state index in [0.29, 0.717) is 36.8 Å². The minimum atomic E-state index is -4.48. The number of carbonyl (C=O) groups excluding carboxylic acids is 2. The summed E-state index contributed by atoms with van der Waals surface area (Å²) < 4.78 is 49.4. The number of quaternary nitrogens is 1. The maximum atomic E-state index is 12.7. The first-order valence-electron chi connectivity index (χ1n) is 14.4. The lowest BCUT2D eigenvalue weighted by Crippen LogP contribution is -3.11. The number of rotatable bonds is 12. The van der Waals surface area contributed by atoms with E-state index in [1.807, 2.05) is 0 Å². The van der Waals surface area contributed by atoms with Crippen LogP contribution in [0.25, 0.3) is 0 Å². The highest BCUT2D eigenvalue weighted by atomic mass is 19.4. The van der Waals surface area contributed by atoms with Gasteiger partial charge in [-0.15, -0.1) is 0 Å². The van der Waals surface area contributed by atoms with Crippen molar-refractivity contribution in [3.05, 3.63) is 59.2 Å². The van der Waals surface area contributed by atoms with Crippen LogP contribution in [-0.2, 0) is 20.6 Å². The Labute approximate surface area is 261 Å². The number of hydrogen-bond donors (Lipinski definition) is 7. The van der Waals surface area contributed by atoms with Gasteiger partial charge >= 0.3 is 18.1 Å². The highest BCUT2D eigenvalue weighted by molar-refractivity contribution is 5.98. The molecule has 2 aromatic rings. The van der Waals surface area contributed by atoms with Gasteiger partial charge in [0.2, 0.25) is 5.91 Å². The first-order chi connectivity index (χ1) is 21.7. The van der Waals surface area contributed by atoms with E-state index in [1.54, 1.807) is 18.2 Å². The van der Waals surface area contributed by atoms with Gasteiger partial charge in [-0.3, -0.25) is 9.59 Å². The largest absolute Gasteiger partial charge is 0.486 e. The Kier molecular flexibility index (Phi) is 12.9. The Bertz CT molecular complexity index is 1350. The fraction of sp³-hybridized carbons (Fsp3) is 0.467. The van der Waals surface area contributed by atoms with Crippen LogP contribution < -0.4 is 19.7 Å². The van der Waals surface area contributed by atoms with Gasteiger partial charge in [-0.2, -0.15) is 13.2 Å². The van der Waals surface area contributed by atoms with Crippen LogP contribution >= 0.6 is 0 Å². The number of carbonyl (C=O) groups is 4. The topological polar surface area (TPSA) is 204 Å². The van der Waals surface area contributed by atoms with E-state index in [2.05, 4.69) is 5.32 Å². The molecule has 2 aliphatic heterocycles. The van der Waals surface area contributed by atoms with Gasteiger partial charge in [0.1, 0.15) is 31.9 Å². The molecule has 2 aromatic carbocycles. The number of amides is 1. The predicted molar refractivity (Wildman–Crippen MR) is 151 cm³/mol. The molecule has 2 heterocycles. The van der Waals surface area contributed by atoms with E-state index in [0.717, 1.165) is 50.2 Å². The zero-order chi connectivity index (χ0) is 34.0. The molecule has 0 saturated carbocycles. The quantitative estimate of drug-likeness (QED) is 0.154. The second-order valence-electron chi connectivity index (χ2n) is 10.7. The van der Waals surface area contributed by atoms with Gasteiger partial charge in [-0.25, -0.2) is 9.59 Å². The maximum Gasteiger partial charge on any atom is 0.416 e. The molecule has 1 fully saturated rings. The molecule has 0 radical (unpaired) electrons. The summed E-state index contributed by atoms with van der Waals surface area (Å²) in [6, 6.07) is 8.54. The lowest BCUT2D eigenvalue weighted by Gasteiger charge is -2.27. The molecule has 1 amide bonds. The maximum absolute atomic E-state index is 12.7. The lowest BCUT2D eigenvalue weighted by molar-refractivity contribution is -0.889. The van der Waals surface area contributed by atoms with Gasteiger partial charge in [-0.05, 0) is 29.8 Å². The molecule has 0 unspecified atom stereocenters. The smallest absolute Gasteiger partial charge is 0.416 e. The Balaban J connectivity index is 0.000000498. The Hall–Kier alpha value is -4.25. The molecule has 4 rings (SSSR count). The van der Waals surface area contributed by atoms with E-state index >= 15 is 0 Å². The molecule has 252 valence electrons. The number of nitrogens with one attached hydrogen (secondary N) is 2. The number of aliphatic hydroxyl groups is 3.